The van der Waals surface area contributed by atoms with Crippen molar-refractivity contribution >= 4 is 18.1 Å². The predicted octanol–water partition coefficient (Wildman–Crippen LogP) is 0.565. The fourth-order valence-corrected chi connectivity index (χ4v) is 5.40. The van der Waals surface area contributed by atoms with Gasteiger partial charge in [-0.1, -0.05) is 0 Å². The molecule has 11 heteroatoms. The van der Waals surface area contributed by atoms with Crippen LogP contribution in [0.3, 0.4) is 0 Å². The smallest absolute Gasteiger partial charge is 0.252 e. The van der Waals surface area contributed by atoms with Crippen LogP contribution in [-0.4, -0.2) is 104 Å². The zero-order valence-electron chi connectivity index (χ0n) is 21.8. The summed E-state index contributed by atoms with van der Waals surface area (Å²) in [6.07, 6.45) is 1.42. The fourth-order valence-electron chi connectivity index (χ4n) is 5.40. The Kier molecular flexibility index (Phi) is 9.37. The van der Waals surface area contributed by atoms with Gasteiger partial charge in [0.1, 0.15) is 24.6 Å². The van der Waals surface area contributed by atoms with Crippen LogP contribution in [0.4, 0.5) is 0 Å². The van der Waals surface area contributed by atoms with Crippen LogP contribution in [0.15, 0.2) is 23.8 Å². The molecule has 1 aromatic rings. The van der Waals surface area contributed by atoms with Crippen LogP contribution in [0, 0.1) is 0 Å². The first-order valence-corrected chi connectivity index (χ1v) is 13.1. The van der Waals surface area contributed by atoms with Crippen LogP contribution in [0.5, 0.6) is 11.5 Å². The summed E-state index contributed by atoms with van der Waals surface area (Å²) in [7, 11) is 1.44. The van der Waals surface area contributed by atoms with E-state index in [9.17, 15) is 24.6 Å². The Morgan fingerprint density at radius 1 is 1.32 bits per heavy atom. The first-order valence-electron chi connectivity index (χ1n) is 13.1. The summed E-state index contributed by atoms with van der Waals surface area (Å²) in [6.45, 7) is 3.41. The van der Waals surface area contributed by atoms with Crippen molar-refractivity contribution in [2.75, 3.05) is 46.6 Å². The molecule has 2 amide bonds. The minimum absolute atomic E-state index is 0.0269. The minimum atomic E-state index is -1.19. The number of aliphatic hydroxyl groups is 2. The van der Waals surface area contributed by atoms with Crippen molar-refractivity contribution in [3.63, 3.8) is 0 Å². The normalized spacial score (nSPS) is 25.6. The van der Waals surface area contributed by atoms with Crippen LogP contribution in [0.1, 0.15) is 48.0 Å². The van der Waals surface area contributed by atoms with Gasteiger partial charge in [-0.05, 0) is 44.4 Å². The number of nitrogens with zero attached hydrogens (tertiary/aromatic N) is 1. The summed E-state index contributed by atoms with van der Waals surface area (Å²) >= 11 is 0. The second kappa shape index (κ2) is 12.7. The lowest BCUT2D eigenvalue weighted by Crippen LogP contribution is -2.57. The number of methoxy groups -OCH3 is 1. The highest BCUT2D eigenvalue weighted by atomic mass is 16.5. The van der Waals surface area contributed by atoms with Crippen molar-refractivity contribution in [3.8, 4) is 11.5 Å². The number of ether oxygens (including phenoxy) is 4. The van der Waals surface area contributed by atoms with Crippen molar-refractivity contribution in [1.82, 2.24) is 10.2 Å². The summed E-state index contributed by atoms with van der Waals surface area (Å²) in [4.78, 5) is 40.1. The van der Waals surface area contributed by atoms with Gasteiger partial charge in [-0.2, -0.15) is 0 Å². The predicted molar refractivity (Wildman–Crippen MR) is 135 cm³/mol. The molecule has 1 aromatic carbocycles. The quantitative estimate of drug-likeness (QED) is 0.260. The molecule has 0 aromatic heterocycles. The first kappa shape index (κ1) is 28.0. The molecule has 3 aliphatic rings. The second-order valence-corrected chi connectivity index (χ2v) is 9.49. The number of aliphatic hydroxyl groups excluding tert-OH is 2. The summed E-state index contributed by atoms with van der Waals surface area (Å²) in [5, 5.41) is 23.6. The van der Waals surface area contributed by atoms with E-state index < -0.39 is 36.2 Å². The van der Waals surface area contributed by atoms with Crippen LogP contribution in [0.25, 0.3) is 0 Å². The average molecular weight is 533 g/mol. The van der Waals surface area contributed by atoms with Gasteiger partial charge in [0.25, 0.3) is 5.91 Å². The van der Waals surface area contributed by atoms with E-state index in [1.807, 2.05) is 6.92 Å². The van der Waals surface area contributed by atoms with Crippen LogP contribution in [0.2, 0.25) is 0 Å². The Balaban J connectivity index is 1.75. The Bertz CT molecular complexity index is 1050. The number of fused-ring (bicyclic) bond motifs is 3. The Morgan fingerprint density at radius 3 is 2.79 bits per heavy atom. The summed E-state index contributed by atoms with van der Waals surface area (Å²) in [6, 6.07) is 2.27. The van der Waals surface area contributed by atoms with Gasteiger partial charge in [0, 0.05) is 49.6 Å². The largest absolute Gasteiger partial charge is 0.493 e. The number of hydrogen-bond donors (Lipinski definition) is 3. The fraction of sp³-hybridized carbons (Fsp3) is 0.593. The second-order valence-electron chi connectivity index (χ2n) is 9.49. The Labute approximate surface area is 221 Å². The molecule has 11 nitrogen and oxygen atoms in total. The third-order valence-electron chi connectivity index (χ3n) is 7.15. The molecule has 0 radical (unpaired) electrons. The number of hydrogen-bond acceptors (Lipinski definition) is 9. The molecule has 1 unspecified atom stereocenters. The third-order valence-corrected chi connectivity index (χ3v) is 7.15. The molecule has 3 N–H and O–H groups in total. The molecule has 1 fully saturated rings. The van der Waals surface area contributed by atoms with Gasteiger partial charge in [-0.15, -0.1) is 0 Å². The number of carbonyl (C=O) groups excluding carboxylic acids is 3. The number of rotatable bonds is 12. The molecule has 0 spiro atoms. The highest BCUT2D eigenvalue weighted by Crippen LogP contribution is 2.51. The van der Waals surface area contributed by atoms with E-state index >= 15 is 0 Å². The molecule has 1 aliphatic carbocycles. The molecule has 1 saturated heterocycles. The van der Waals surface area contributed by atoms with Crippen molar-refractivity contribution in [1.29, 1.82) is 0 Å². The topological polar surface area (TPSA) is 144 Å². The molecule has 0 saturated carbocycles. The molecule has 5 atom stereocenters. The zero-order valence-corrected chi connectivity index (χ0v) is 21.8. The van der Waals surface area contributed by atoms with Gasteiger partial charge in [-0.25, -0.2) is 0 Å². The zero-order chi connectivity index (χ0) is 27.2. The molecule has 2 aliphatic heterocycles. The maximum atomic E-state index is 13.6. The number of aldehydes is 1. The highest BCUT2D eigenvalue weighted by molar-refractivity contribution is 5.96. The maximum absolute atomic E-state index is 13.6. The number of carbonyl (C=O) groups is 3. The SMILES string of the molecule is CCOCCCN(C(=O)C1CCCO1)[C@@H]1C=C(C(=O)NCCO)[C@@H]2c3cc(C=O)cc(OC)c3O[C@@H]2[C@H]1O. The van der Waals surface area contributed by atoms with E-state index in [1.54, 1.807) is 17.0 Å². The lowest BCUT2D eigenvalue weighted by atomic mass is 9.77. The van der Waals surface area contributed by atoms with Crippen LogP contribution >= 0.6 is 0 Å². The van der Waals surface area contributed by atoms with Crippen molar-refractivity contribution in [2.24, 2.45) is 0 Å². The molecule has 38 heavy (non-hydrogen) atoms. The first-order chi connectivity index (χ1) is 18.4. The molecular formula is C27H36N2O9. The van der Waals surface area contributed by atoms with E-state index in [1.165, 1.54) is 13.2 Å². The van der Waals surface area contributed by atoms with Gasteiger partial charge in [0.15, 0.2) is 11.5 Å². The monoisotopic (exact) mass is 532 g/mol. The Hall–Kier alpha value is -2.99. The minimum Gasteiger partial charge on any atom is -0.493 e. The molecule has 0 bridgehead atoms. The van der Waals surface area contributed by atoms with Crippen LogP contribution in [-0.2, 0) is 19.1 Å². The maximum Gasteiger partial charge on any atom is 0.252 e. The lowest BCUT2D eigenvalue weighted by Gasteiger charge is -2.41. The number of benzene rings is 1. The summed E-state index contributed by atoms with van der Waals surface area (Å²) in [5.41, 5.74) is 1.15. The average Bonchev–Trinajstić information content (AvgIpc) is 3.61. The van der Waals surface area contributed by atoms with Gasteiger partial charge < -0.3 is 39.4 Å². The molecular weight excluding hydrogens is 496 g/mol. The molecule has 4 rings (SSSR count). The number of amides is 2. The van der Waals surface area contributed by atoms with E-state index in [2.05, 4.69) is 5.32 Å². The summed E-state index contributed by atoms with van der Waals surface area (Å²) in [5.74, 6) is -0.795. The Morgan fingerprint density at radius 2 is 2.13 bits per heavy atom. The van der Waals surface area contributed by atoms with Gasteiger partial charge in [0.2, 0.25) is 5.91 Å². The van der Waals surface area contributed by atoms with Gasteiger partial charge >= 0.3 is 0 Å². The standard InChI is InChI=1S/C27H36N2O9/c1-3-36-10-5-8-29(27(34)20-6-4-11-37-20)19-14-18(26(33)28-7-9-30)22-17-12-16(15-31)13-21(35-2)24(17)38-25(22)23(19)32/h12-15,19-20,22-23,25,30,32H,3-11H2,1-2H3,(H,28,33)/t19-,20?,22+,23+,25+/m1/s1. The van der Waals surface area contributed by atoms with Crippen molar-refractivity contribution in [2.45, 2.75) is 56.5 Å². The van der Waals surface area contributed by atoms with Gasteiger partial charge in [-0.3, -0.25) is 14.4 Å². The van der Waals surface area contributed by atoms with Crippen molar-refractivity contribution in [3.05, 3.63) is 34.9 Å². The van der Waals surface area contributed by atoms with E-state index in [-0.39, 0.29) is 31.2 Å². The lowest BCUT2D eigenvalue weighted by molar-refractivity contribution is -0.147. The third kappa shape index (κ3) is 5.56. The molecule has 208 valence electrons. The highest BCUT2D eigenvalue weighted by Gasteiger charge is 2.52. The number of nitrogens with one attached hydrogen (secondary N) is 1. The summed E-state index contributed by atoms with van der Waals surface area (Å²) < 4.78 is 22.8. The van der Waals surface area contributed by atoms with E-state index in [0.717, 1.165) is 6.42 Å². The van der Waals surface area contributed by atoms with Crippen molar-refractivity contribution < 1.29 is 43.5 Å². The van der Waals surface area contributed by atoms with Crippen LogP contribution < -0.4 is 14.8 Å². The molecule has 2 heterocycles. The van der Waals surface area contributed by atoms with E-state index in [0.29, 0.717) is 61.6 Å². The van der Waals surface area contributed by atoms with E-state index in [4.69, 9.17) is 18.9 Å². The van der Waals surface area contributed by atoms with Gasteiger partial charge in [0.05, 0.1) is 25.7 Å².